The predicted octanol–water partition coefficient (Wildman–Crippen LogP) is 2.07. The Hall–Kier alpha value is -0.280. The zero-order valence-electron chi connectivity index (χ0n) is 9.08. The Morgan fingerprint density at radius 2 is 2.31 bits per heavy atom. The summed E-state index contributed by atoms with van der Waals surface area (Å²) in [5.41, 5.74) is 0.148. The highest BCUT2D eigenvalue weighted by Gasteiger charge is 2.72. The Morgan fingerprint density at radius 3 is 3.12 bits per heavy atom. The number of carbonyl (C=O) groups is 1. The summed E-state index contributed by atoms with van der Waals surface area (Å²) in [6.45, 7) is 0. The van der Waals surface area contributed by atoms with E-state index < -0.39 is 0 Å². The maximum absolute atomic E-state index is 11.8. The first-order valence-corrected chi connectivity index (χ1v) is 6.61. The van der Waals surface area contributed by atoms with Gasteiger partial charge in [0.25, 0.3) is 0 Å². The van der Waals surface area contributed by atoms with E-state index in [0.717, 1.165) is 32.1 Å². The fraction of sp³-hybridized carbons (Fsp3) is 0.917. The van der Waals surface area contributed by atoms with Crippen LogP contribution >= 0.6 is 11.6 Å². The van der Waals surface area contributed by atoms with Gasteiger partial charge in [0.15, 0.2) is 0 Å². The van der Waals surface area contributed by atoms with Gasteiger partial charge in [0.1, 0.15) is 12.2 Å². The van der Waals surface area contributed by atoms with Crippen LogP contribution in [-0.2, 0) is 14.3 Å². The Balaban J connectivity index is 1.74. The molecule has 4 rings (SSSR count). The third-order valence-corrected chi connectivity index (χ3v) is 5.54. The van der Waals surface area contributed by atoms with Crippen molar-refractivity contribution in [2.45, 2.75) is 43.8 Å². The lowest BCUT2D eigenvalue weighted by atomic mass is 9.50. The molecule has 4 heteroatoms. The molecule has 1 spiro atoms. The molecule has 4 fully saturated rings. The average Bonchev–Trinajstić information content (AvgIpc) is 2.40. The molecule has 0 radical (unpaired) electrons. The Labute approximate surface area is 99.4 Å². The molecule has 3 aliphatic carbocycles. The number of carbonyl (C=O) groups excluding carboxylic acids is 1. The smallest absolute Gasteiger partial charge is 0.309 e. The molecule has 16 heavy (non-hydrogen) atoms. The normalized spacial score (nSPS) is 56.8. The van der Waals surface area contributed by atoms with Crippen LogP contribution in [0.4, 0.5) is 0 Å². The summed E-state index contributed by atoms with van der Waals surface area (Å²) in [6.07, 6.45) is 5.15. The second kappa shape index (κ2) is 2.75. The topological polar surface area (TPSA) is 35.5 Å². The summed E-state index contributed by atoms with van der Waals surface area (Å²) >= 11 is 5.74. The molecule has 5 unspecified atom stereocenters. The van der Waals surface area contributed by atoms with Gasteiger partial charge in [-0.15, -0.1) is 0 Å². The highest BCUT2D eigenvalue weighted by atomic mass is 35.5. The van der Waals surface area contributed by atoms with E-state index in [1.54, 1.807) is 0 Å². The van der Waals surface area contributed by atoms with Crippen molar-refractivity contribution < 1.29 is 14.3 Å². The van der Waals surface area contributed by atoms with Crippen LogP contribution in [0, 0.1) is 17.3 Å². The highest BCUT2D eigenvalue weighted by Crippen LogP contribution is 2.72. The van der Waals surface area contributed by atoms with E-state index >= 15 is 0 Å². The van der Waals surface area contributed by atoms with E-state index in [1.807, 2.05) is 0 Å². The average molecular weight is 243 g/mol. The molecule has 5 atom stereocenters. The molecule has 1 heterocycles. The molecule has 3 bridgehead atoms. The van der Waals surface area contributed by atoms with Crippen molar-refractivity contribution in [3.63, 3.8) is 0 Å². The lowest BCUT2D eigenvalue weighted by molar-refractivity contribution is -0.210. The van der Waals surface area contributed by atoms with Gasteiger partial charge in [-0.3, -0.25) is 4.79 Å². The lowest BCUT2D eigenvalue weighted by Gasteiger charge is -2.57. The van der Waals surface area contributed by atoms with Crippen LogP contribution in [-0.4, -0.2) is 23.7 Å². The Morgan fingerprint density at radius 1 is 1.44 bits per heavy atom. The quantitative estimate of drug-likeness (QED) is 0.549. The molecule has 4 aliphatic rings. The van der Waals surface area contributed by atoms with Crippen LogP contribution in [0.3, 0.4) is 0 Å². The SMILES string of the molecule is O=C1OC2CC3(OCCl)CC4CC1C4(C2)C3. The van der Waals surface area contributed by atoms with Crippen molar-refractivity contribution in [2.75, 3.05) is 6.07 Å². The minimum absolute atomic E-state index is 0.0499. The Kier molecular flexibility index (Phi) is 1.67. The van der Waals surface area contributed by atoms with Crippen LogP contribution in [0.15, 0.2) is 0 Å². The fourth-order valence-electron chi connectivity index (χ4n) is 4.95. The van der Waals surface area contributed by atoms with Crippen LogP contribution < -0.4 is 0 Å². The monoisotopic (exact) mass is 242 g/mol. The lowest BCUT2D eigenvalue weighted by Crippen LogP contribution is -2.59. The number of hydrogen-bond acceptors (Lipinski definition) is 3. The predicted molar refractivity (Wildman–Crippen MR) is 56.9 cm³/mol. The van der Waals surface area contributed by atoms with E-state index in [0.29, 0.717) is 5.92 Å². The third-order valence-electron chi connectivity index (χ3n) is 5.43. The number of hydrogen-bond donors (Lipinski definition) is 0. The van der Waals surface area contributed by atoms with Crippen molar-refractivity contribution in [1.29, 1.82) is 0 Å². The molecular formula is C12H15ClO3. The zero-order valence-corrected chi connectivity index (χ0v) is 9.83. The van der Waals surface area contributed by atoms with Crippen molar-refractivity contribution >= 4 is 17.6 Å². The number of halogens is 1. The van der Waals surface area contributed by atoms with Crippen LogP contribution in [0.5, 0.6) is 0 Å². The van der Waals surface area contributed by atoms with Crippen LogP contribution in [0.2, 0.25) is 0 Å². The molecule has 3 nitrogen and oxygen atoms in total. The Bertz CT molecular complexity index is 371. The summed E-state index contributed by atoms with van der Waals surface area (Å²) in [6, 6.07) is 0.258. The van der Waals surface area contributed by atoms with E-state index in [9.17, 15) is 4.79 Å². The van der Waals surface area contributed by atoms with Gasteiger partial charge in [0.05, 0.1) is 11.5 Å². The van der Waals surface area contributed by atoms with Crippen molar-refractivity contribution in [1.82, 2.24) is 0 Å². The first-order valence-electron chi connectivity index (χ1n) is 6.08. The summed E-state index contributed by atoms with van der Waals surface area (Å²) in [7, 11) is 0. The van der Waals surface area contributed by atoms with E-state index in [-0.39, 0.29) is 35.1 Å². The molecule has 0 amide bonds. The second-order valence-electron chi connectivity index (χ2n) is 6.00. The van der Waals surface area contributed by atoms with Gasteiger partial charge in [-0.1, -0.05) is 11.6 Å². The van der Waals surface area contributed by atoms with Gasteiger partial charge in [0, 0.05) is 6.42 Å². The molecule has 3 saturated carbocycles. The number of fused-ring (bicyclic) bond motifs is 2. The number of rotatable bonds is 2. The molecule has 1 saturated heterocycles. The van der Waals surface area contributed by atoms with Crippen LogP contribution in [0.1, 0.15) is 32.1 Å². The van der Waals surface area contributed by atoms with Crippen molar-refractivity contribution in [3.05, 3.63) is 0 Å². The molecule has 0 aromatic carbocycles. The van der Waals surface area contributed by atoms with Gasteiger partial charge in [-0.05, 0) is 37.0 Å². The zero-order chi connectivity index (χ0) is 11.0. The van der Waals surface area contributed by atoms with E-state index in [1.165, 1.54) is 0 Å². The van der Waals surface area contributed by atoms with Gasteiger partial charge < -0.3 is 9.47 Å². The van der Waals surface area contributed by atoms with Gasteiger partial charge in [0.2, 0.25) is 0 Å². The first kappa shape index (κ1) is 9.72. The minimum Gasteiger partial charge on any atom is -0.462 e. The summed E-state index contributed by atoms with van der Waals surface area (Å²) in [5.74, 6) is 0.891. The van der Waals surface area contributed by atoms with E-state index in [4.69, 9.17) is 21.1 Å². The van der Waals surface area contributed by atoms with Gasteiger partial charge >= 0.3 is 5.97 Å². The fourth-order valence-corrected chi connectivity index (χ4v) is 5.18. The molecular weight excluding hydrogens is 228 g/mol. The van der Waals surface area contributed by atoms with Gasteiger partial charge in [-0.2, -0.15) is 0 Å². The first-order chi connectivity index (χ1) is 7.67. The van der Waals surface area contributed by atoms with Gasteiger partial charge in [-0.25, -0.2) is 0 Å². The third kappa shape index (κ3) is 0.935. The minimum atomic E-state index is -0.0786. The largest absolute Gasteiger partial charge is 0.462 e. The highest BCUT2D eigenvalue weighted by molar-refractivity contribution is 6.17. The molecule has 0 aromatic heterocycles. The van der Waals surface area contributed by atoms with Crippen molar-refractivity contribution in [2.24, 2.45) is 17.3 Å². The molecule has 1 aliphatic heterocycles. The summed E-state index contributed by atoms with van der Waals surface area (Å²) in [4.78, 5) is 11.8. The summed E-state index contributed by atoms with van der Waals surface area (Å²) in [5, 5.41) is 0. The number of ether oxygens (including phenoxy) is 2. The molecule has 0 aromatic rings. The number of esters is 1. The second-order valence-corrected chi connectivity index (χ2v) is 6.22. The van der Waals surface area contributed by atoms with Crippen molar-refractivity contribution in [3.8, 4) is 0 Å². The maximum Gasteiger partial charge on any atom is 0.309 e. The standard InChI is InChI=1S/C12H15ClO3/c13-6-15-11-2-7-1-9-10(14)16-8(3-11)4-12(7,9)5-11/h7-9H,1-6H2. The van der Waals surface area contributed by atoms with Crippen LogP contribution in [0.25, 0.3) is 0 Å². The van der Waals surface area contributed by atoms with E-state index in [2.05, 4.69) is 0 Å². The maximum atomic E-state index is 11.8. The summed E-state index contributed by atoms with van der Waals surface area (Å²) < 4.78 is 11.3. The molecule has 88 valence electrons. The number of alkyl halides is 1. The molecule has 0 N–H and O–H groups in total.